The van der Waals surface area contributed by atoms with E-state index in [0.717, 1.165) is 32.1 Å². The predicted molar refractivity (Wildman–Crippen MR) is 98.2 cm³/mol. The van der Waals surface area contributed by atoms with Gasteiger partial charge in [-0.3, -0.25) is 9.59 Å². The lowest BCUT2D eigenvalue weighted by Crippen LogP contribution is -2.53. The highest BCUT2D eigenvalue weighted by Crippen LogP contribution is 2.70. The number of hydrogen-bond acceptors (Lipinski definition) is 4. The number of fused-ring (bicyclic) bond motifs is 3. The number of carbonyl (C=O) groups excluding carboxylic acids is 2. The smallest absolute Gasteiger partial charge is 0.161 e. The van der Waals surface area contributed by atoms with Gasteiger partial charge in [0.2, 0.25) is 0 Å². The molecule has 0 amide bonds. The highest BCUT2D eigenvalue weighted by molar-refractivity contribution is 8.00. The molecule has 1 saturated heterocycles. The Hall–Kier alpha value is -0.610. The molecule has 3 nitrogen and oxygen atoms in total. The normalized spacial score (nSPS) is 50.7. The lowest BCUT2D eigenvalue weighted by atomic mass is 9.46. The van der Waals surface area contributed by atoms with Crippen molar-refractivity contribution in [3.05, 3.63) is 11.6 Å². The lowest BCUT2D eigenvalue weighted by molar-refractivity contribution is -0.132. The highest BCUT2D eigenvalue weighted by atomic mass is 32.2. The molecule has 5 rings (SSSR count). The number of ketones is 2. The van der Waals surface area contributed by atoms with Gasteiger partial charge in [-0.05, 0) is 73.3 Å². The molecule has 4 unspecified atom stereocenters. The Morgan fingerprint density at radius 3 is 2.92 bits per heavy atom. The molecule has 0 radical (unpaired) electrons. The van der Waals surface area contributed by atoms with Crippen LogP contribution in [-0.2, 0) is 9.59 Å². The van der Waals surface area contributed by atoms with E-state index in [-0.39, 0.29) is 29.1 Å². The number of rotatable bonds is 2. The second kappa shape index (κ2) is 5.45. The van der Waals surface area contributed by atoms with Crippen LogP contribution in [0.5, 0.6) is 0 Å². The first-order valence-corrected chi connectivity index (χ1v) is 11.0. The molecule has 0 aromatic carbocycles. The molecule has 7 atom stereocenters. The molecule has 2 bridgehead atoms. The first-order chi connectivity index (χ1) is 12.0. The van der Waals surface area contributed by atoms with Crippen LogP contribution in [0.3, 0.4) is 0 Å². The SMILES string of the molecule is C[C@]12CCC3C(C[C@H]4SC[C@@]35CCC(=O)C=C45)C1CCC2C(=O)CO. The van der Waals surface area contributed by atoms with Crippen molar-refractivity contribution in [2.45, 2.75) is 57.1 Å². The first kappa shape index (κ1) is 16.6. The van der Waals surface area contributed by atoms with Gasteiger partial charge in [-0.15, -0.1) is 0 Å². The summed E-state index contributed by atoms with van der Waals surface area (Å²) >= 11 is 2.09. The quantitative estimate of drug-likeness (QED) is 0.820. The fraction of sp³-hybridized carbons (Fsp3) is 0.810. The molecule has 25 heavy (non-hydrogen) atoms. The van der Waals surface area contributed by atoms with Crippen molar-refractivity contribution in [3.8, 4) is 0 Å². The van der Waals surface area contributed by atoms with Gasteiger partial charge in [-0.2, -0.15) is 11.8 Å². The van der Waals surface area contributed by atoms with E-state index in [1.807, 2.05) is 6.08 Å². The second-order valence-electron chi connectivity index (χ2n) is 9.43. The van der Waals surface area contributed by atoms with Gasteiger partial charge in [0.15, 0.2) is 11.6 Å². The molecule has 0 aromatic rings. The number of carbonyl (C=O) groups is 2. The Morgan fingerprint density at radius 2 is 2.12 bits per heavy atom. The average molecular weight is 361 g/mol. The predicted octanol–water partition coefficient (Wildman–Crippen LogP) is 3.40. The minimum absolute atomic E-state index is 0.0659. The zero-order chi connectivity index (χ0) is 17.4. The number of aliphatic hydroxyl groups excluding tert-OH is 1. The molecule has 0 aromatic heterocycles. The van der Waals surface area contributed by atoms with Gasteiger partial charge < -0.3 is 5.11 Å². The van der Waals surface area contributed by atoms with E-state index in [1.54, 1.807) is 0 Å². The van der Waals surface area contributed by atoms with E-state index in [4.69, 9.17) is 0 Å². The maximum absolute atomic E-state index is 12.3. The van der Waals surface area contributed by atoms with Crippen LogP contribution in [0.2, 0.25) is 0 Å². The van der Waals surface area contributed by atoms with Crippen molar-refractivity contribution in [2.75, 3.05) is 12.4 Å². The monoisotopic (exact) mass is 360 g/mol. The van der Waals surface area contributed by atoms with Crippen LogP contribution in [0.15, 0.2) is 11.6 Å². The molecule has 1 heterocycles. The molecule has 1 N–H and O–H groups in total. The Morgan fingerprint density at radius 1 is 1.28 bits per heavy atom. The molecule has 5 aliphatic rings. The fourth-order valence-corrected chi connectivity index (χ4v) is 9.54. The molecule has 4 aliphatic carbocycles. The summed E-state index contributed by atoms with van der Waals surface area (Å²) in [5, 5.41) is 9.95. The van der Waals surface area contributed by atoms with Crippen LogP contribution in [0, 0.1) is 34.5 Å². The van der Waals surface area contributed by atoms with Crippen molar-refractivity contribution in [1.82, 2.24) is 0 Å². The Kier molecular flexibility index (Phi) is 3.61. The van der Waals surface area contributed by atoms with E-state index in [9.17, 15) is 14.7 Å². The van der Waals surface area contributed by atoms with Crippen LogP contribution >= 0.6 is 11.8 Å². The second-order valence-corrected chi connectivity index (χ2v) is 10.6. The summed E-state index contributed by atoms with van der Waals surface area (Å²) in [5.74, 6) is 3.73. The molecule has 3 saturated carbocycles. The van der Waals surface area contributed by atoms with E-state index in [0.29, 0.717) is 28.8 Å². The van der Waals surface area contributed by atoms with Gasteiger partial charge in [0.1, 0.15) is 6.61 Å². The van der Waals surface area contributed by atoms with Crippen LogP contribution in [0.4, 0.5) is 0 Å². The van der Waals surface area contributed by atoms with Crippen LogP contribution < -0.4 is 0 Å². The highest BCUT2D eigenvalue weighted by Gasteiger charge is 2.64. The van der Waals surface area contributed by atoms with Gasteiger partial charge in [-0.25, -0.2) is 0 Å². The van der Waals surface area contributed by atoms with Crippen LogP contribution in [0.25, 0.3) is 0 Å². The Balaban J connectivity index is 1.51. The summed E-state index contributed by atoms with van der Waals surface area (Å²) in [5.41, 5.74) is 1.86. The van der Waals surface area contributed by atoms with Gasteiger partial charge in [0, 0.05) is 28.8 Å². The summed E-state index contributed by atoms with van der Waals surface area (Å²) in [6, 6.07) is 0. The molecular formula is C21H28O3S. The fourth-order valence-electron chi connectivity index (χ4n) is 7.68. The summed E-state index contributed by atoms with van der Waals surface area (Å²) in [6.45, 7) is 2.04. The summed E-state index contributed by atoms with van der Waals surface area (Å²) < 4.78 is 0. The minimum Gasteiger partial charge on any atom is -0.389 e. The maximum Gasteiger partial charge on any atom is 0.161 e. The van der Waals surface area contributed by atoms with Crippen molar-refractivity contribution in [2.24, 2.45) is 34.5 Å². The number of hydrogen-bond donors (Lipinski definition) is 1. The third-order valence-corrected chi connectivity index (χ3v) is 10.3. The Labute approximate surface area is 154 Å². The molecule has 4 fully saturated rings. The van der Waals surface area contributed by atoms with E-state index < -0.39 is 0 Å². The van der Waals surface area contributed by atoms with E-state index >= 15 is 0 Å². The largest absolute Gasteiger partial charge is 0.389 e. The summed E-state index contributed by atoms with van der Waals surface area (Å²) in [7, 11) is 0. The van der Waals surface area contributed by atoms with Gasteiger partial charge in [0.05, 0.1) is 0 Å². The van der Waals surface area contributed by atoms with Crippen molar-refractivity contribution in [3.63, 3.8) is 0 Å². The Bertz CT molecular complexity index is 670. The van der Waals surface area contributed by atoms with Gasteiger partial charge >= 0.3 is 0 Å². The summed E-state index contributed by atoms with van der Waals surface area (Å²) in [6.07, 6.45) is 9.45. The minimum atomic E-state index is -0.293. The summed E-state index contributed by atoms with van der Waals surface area (Å²) in [4.78, 5) is 24.4. The molecule has 0 spiro atoms. The average Bonchev–Trinajstić information content (AvgIpc) is 3.08. The van der Waals surface area contributed by atoms with Crippen LogP contribution in [0.1, 0.15) is 51.9 Å². The van der Waals surface area contributed by atoms with E-state index in [2.05, 4.69) is 18.7 Å². The van der Waals surface area contributed by atoms with Crippen molar-refractivity contribution >= 4 is 23.3 Å². The third kappa shape index (κ3) is 2.04. The van der Waals surface area contributed by atoms with E-state index in [1.165, 1.54) is 24.2 Å². The zero-order valence-corrected chi connectivity index (χ0v) is 15.8. The van der Waals surface area contributed by atoms with Gasteiger partial charge in [0.25, 0.3) is 0 Å². The molecule has 4 heteroatoms. The number of Topliss-reactive ketones (excluding diaryl/α,β-unsaturated/α-hetero) is 1. The standard InChI is InChI=1S/C21H28O3S/c1-20-6-5-15-13(14(20)2-3-16(20)18(24)10-22)9-19-17-8-12(23)4-7-21(15,17)11-25-19/h8,13-16,19,22H,2-7,9-11H2,1H3/t13?,14?,15?,16?,19-,20+,21+/m1/s1. The number of thioether (sulfide) groups is 1. The van der Waals surface area contributed by atoms with Gasteiger partial charge in [-0.1, -0.05) is 6.92 Å². The molecule has 1 aliphatic heterocycles. The molecular weight excluding hydrogens is 332 g/mol. The topological polar surface area (TPSA) is 54.4 Å². The maximum atomic E-state index is 12.3. The third-order valence-electron chi connectivity index (χ3n) is 8.78. The van der Waals surface area contributed by atoms with Crippen molar-refractivity contribution < 1.29 is 14.7 Å². The first-order valence-electron chi connectivity index (χ1n) is 10.00. The number of aliphatic hydroxyl groups is 1. The lowest BCUT2D eigenvalue weighted by Gasteiger charge is -2.57. The zero-order valence-electron chi connectivity index (χ0n) is 15.0. The molecule has 136 valence electrons. The van der Waals surface area contributed by atoms with Crippen molar-refractivity contribution in [1.29, 1.82) is 0 Å². The van der Waals surface area contributed by atoms with Crippen LogP contribution in [-0.4, -0.2) is 34.3 Å².